The topological polar surface area (TPSA) is 74.8 Å². The highest BCUT2D eigenvalue weighted by atomic mass is 32.2. The summed E-state index contributed by atoms with van der Waals surface area (Å²) in [6.07, 6.45) is 1.43. The molecule has 0 spiro atoms. The van der Waals surface area contributed by atoms with E-state index in [1.807, 2.05) is 54.6 Å². The summed E-state index contributed by atoms with van der Waals surface area (Å²) in [5.74, 6) is -0.153. The number of rotatable bonds is 5. The van der Waals surface area contributed by atoms with Crippen LogP contribution in [-0.4, -0.2) is 21.1 Å². The zero-order valence-electron chi connectivity index (χ0n) is 13.6. The number of H-pyrrole nitrogens is 1. The van der Waals surface area contributed by atoms with Crippen molar-refractivity contribution >= 4 is 23.4 Å². The number of hydrogen-bond donors (Lipinski definition) is 2. The maximum absolute atomic E-state index is 12.5. The summed E-state index contributed by atoms with van der Waals surface area (Å²) in [6, 6.07) is 18.9. The molecule has 1 atom stereocenters. The zero-order valence-corrected chi connectivity index (χ0v) is 14.4. The van der Waals surface area contributed by atoms with Gasteiger partial charge in [0.25, 0.3) is 5.56 Å². The van der Waals surface area contributed by atoms with Gasteiger partial charge < -0.3 is 10.3 Å². The Morgan fingerprint density at radius 2 is 1.80 bits per heavy atom. The fourth-order valence-corrected chi connectivity index (χ4v) is 3.11. The Labute approximate surface area is 149 Å². The fourth-order valence-electron chi connectivity index (χ4n) is 2.33. The van der Waals surface area contributed by atoms with Gasteiger partial charge in [-0.1, -0.05) is 60.3 Å². The number of carbonyl (C=O) groups is 1. The number of carbonyl (C=O) groups excluding carboxylic acids is 1. The van der Waals surface area contributed by atoms with Gasteiger partial charge in [-0.25, -0.2) is 4.98 Å². The van der Waals surface area contributed by atoms with Crippen molar-refractivity contribution in [2.45, 2.75) is 17.3 Å². The monoisotopic (exact) mass is 351 g/mol. The quantitative estimate of drug-likeness (QED) is 0.544. The van der Waals surface area contributed by atoms with E-state index in [4.69, 9.17) is 0 Å². The molecule has 0 radical (unpaired) electrons. The summed E-state index contributed by atoms with van der Waals surface area (Å²) in [5.41, 5.74) is 2.51. The van der Waals surface area contributed by atoms with Gasteiger partial charge in [-0.2, -0.15) is 0 Å². The smallest absolute Gasteiger partial charge is 0.251 e. The van der Waals surface area contributed by atoms with Crippen molar-refractivity contribution in [2.24, 2.45) is 0 Å². The average Bonchev–Trinajstić information content (AvgIpc) is 2.63. The molecule has 2 N–H and O–H groups in total. The van der Waals surface area contributed by atoms with Gasteiger partial charge in [0.15, 0.2) is 5.16 Å². The first kappa shape index (κ1) is 17.0. The van der Waals surface area contributed by atoms with Crippen LogP contribution in [0.4, 0.5) is 5.69 Å². The van der Waals surface area contributed by atoms with E-state index >= 15 is 0 Å². The van der Waals surface area contributed by atoms with E-state index in [1.165, 1.54) is 24.0 Å². The van der Waals surface area contributed by atoms with Crippen LogP contribution in [-0.2, 0) is 4.79 Å². The van der Waals surface area contributed by atoms with Crippen molar-refractivity contribution in [1.82, 2.24) is 9.97 Å². The molecule has 1 heterocycles. The summed E-state index contributed by atoms with van der Waals surface area (Å²) < 4.78 is 0. The molecule has 1 aromatic heterocycles. The molecular weight excluding hydrogens is 334 g/mol. The lowest BCUT2D eigenvalue weighted by Gasteiger charge is -2.14. The Kier molecular flexibility index (Phi) is 5.30. The minimum Gasteiger partial charge on any atom is -0.325 e. The summed E-state index contributed by atoms with van der Waals surface area (Å²) in [6.45, 7) is 1.78. The van der Waals surface area contributed by atoms with Gasteiger partial charge in [-0.3, -0.25) is 9.59 Å². The molecule has 3 aromatic rings. The second-order valence-electron chi connectivity index (χ2n) is 5.40. The molecule has 6 heteroatoms. The Hall–Kier alpha value is -2.86. The standard InChI is InChI=1S/C19H17N3O2S/c1-13(25-19-20-12-11-17(23)22-19)18(24)21-16-10-6-5-9-15(16)14-7-3-2-4-8-14/h2-13H,1H3,(H,21,24)(H,20,22,23)/t13-/m1/s1. The molecule has 0 unspecified atom stereocenters. The Bertz CT molecular complexity index is 925. The van der Waals surface area contributed by atoms with Crippen LogP contribution in [0.5, 0.6) is 0 Å². The van der Waals surface area contributed by atoms with Gasteiger partial charge in [0.2, 0.25) is 5.91 Å². The molecule has 1 amide bonds. The number of aromatic amines is 1. The van der Waals surface area contributed by atoms with E-state index < -0.39 is 5.25 Å². The predicted molar refractivity (Wildman–Crippen MR) is 101 cm³/mol. The molecular formula is C19H17N3O2S. The van der Waals surface area contributed by atoms with Gasteiger partial charge >= 0.3 is 0 Å². The van der Waals surface area contributed by atoms with E-state index in [1.54, 1.807) is 6.92 Å². The molecule has 2 aromatic carbocycles. The molecule has 0 bridgehead atoms. The first-order valence-corrected chi connectivity index (χ1v) is 8.69. The first-order chi connectivity index (χ1) is 12.1. The van der Waals surface area contributed by atoms with E-state index in [0.29, 0.717) is 5.16 Å². The molecule has 0 fully saturated rings. The van der Waals surface area contributed by atoms with Crippen molar-refractivity contribution in [3.8, 4) is 11.1 Å². The molecule has 126 valence electrons. The fraction of sp³-hybridized carbons (Fsp3) is 0.105. The molecule has 0 aliphatic heterocycles. The number of anilines is 1. The highest BCUT2D eigenvalue weighted by Gasteiger charge is 2.17. The average molecular weight is 351 g/mol. The first-order valence-electron chi connectivity index (χ1n) is 7.81. The number of thioether (sulfide) groups is 1. The summed E-state index contributed by atoms with van der Waals surface area (Å²) in [7, 11) is 0. The normalized spacial score (nSPS) is 11.7. The lowest BCUT2D eigenvalue weighted by molar-refractivity contribution is -0.115. The largest absolute Gasteiger partial charge is 0.325 e. The molecule has 5 nitrogen and oxygen atoms in total. The van der Waals surface area contributed by atoms with Crippen LogP contribution in [0.1, 0.15) is 6.92 Å². The number of hydrogen-bond acceptors (Lipinski definition) is 4. The van der Waals surface area contributed by atoms with Crippen molar-refractivity contribution < 1.29 is 4.79 Å². The number of para-hydroxylation sites is 1. The lowest BCUT2D eigenvalue weighted by Crippen LogP contribution is -2.23. The summed E-state index contributed by atoms with van der Waals surface area (Å²) in [5, 5.41) is 2.98. The van der Waals surface area contributed by atoms with Crippen LogP contribution in [0, 0.1) is 0 Å². The molecule has 0 saturated carbocycles. The third kappa shape index (κ3) is 4.36. The van der Waals surface area contributed by atoms with Gasteiger partial charge in [0, 0.05) is 23.5 Å². The van der Waals surface area contributed by atoms with Crippen LogP contribution >= 0.6 is 11.8 Å². The van der Waals surface area contributed by atoms with Crippen LogP contribution in [0.15, 0.2) is 76.8 Å². The van der Waals surface area contributed by atoms with E-state index in [0.717, 1.165) is 16.8 Å². The Morgan fingerprint density at radius 3 is 2.56 bits per heavy atom. The highest BCUT2D eigenvalue weighted by molar-refractivity contribution is 8.00. The number of benzene rings is 2. The third-order valence-corrected chi connectivity index (χ3v) is 4.57. The minimum absolute atomic E-state index is 0.153. The maximum Gasteiger partial charge on any atom is 0.251 e. The SMILES string of the molecule is C[C@@H](Sc1nccc(=O)[nH]1)C(=O)Nc1ccccc1-c1ccccc1. The summed E-state index contributed by atoms with van der Waals surface area (Å²) >= 11 is 1.21. The Balaban J connectivity index is 1.76. The van der Waals surface area contributed by atoms with Gasteiger partial charge in [0.05, 0.1) is 5.25 Å². The molecule has 0 saturated heterocycles. The van der Waals surface area contributed by atoms with Gasteiger partial charge in [0.1, 0.15) is 0 Å². The number of amides is 1. The van der Waals surface area contributed by atoms with Gasteiger partial charge in [-0.15, -0.1) is 0 Å². The van der Waals surface area contributed by atoms with E-state index in [-0.39, 0.29) is 11.5 Å². The number of nitrogens with zero attached hydrogens (tertiary/aromatic N) is 1. The summed E-state index contributed by atoms with van der Waals surface area (Å²) in [4.78, 5) is 30.5. The van der Waals surface area contributed by atoms with Crippen molar-refractivity contribution in [3.05, 3.63) is 77.2 Å². The molecule has 0 aliphatic rings. The molecule has 3 rings (SSSR count). The number of nitrogens with one attached hydrogen (secondary N) is 2. The van der Waals surface area contributed by atoms with Gasteiger partial charge in [-0.05, 0) is 18.6 Å². The van der Waals surface area contributed by atoms with Crippen LogP contribution in [0.25, 0.3) is 11.1 Å². The van der Waals surface area contributed by atoms with Crippen LogP contribution in [0.2, 0.25) is 0 Å². The highest BCUT2D eigenvalue weighted by Crippen LogP contribution is 2.28. The second kappa shape index (κ2) is 7.81. The lowest BCUT2D eigenvalue weighted by atomic mass is 10.0. The second-order valence-corrected chi connectivity index (χ2v) is 6.73. The molecule has 0 aliphatic carbocycles. The van der Waals surface area contributed by atoms with Crippen molar-refractivity contribution in [2.75, 3.05) is 5.32 Å². The maximum atomic E-state index is 12.5. The van der Waals surface area contributed by atoms with Crippen LogP contribution in [0.3, 0.4) is 0 Å². The van der Waals surface area contributed by atoms with Crippen LogP contribution < -0.4 is 10.9 Å². The van der Waals surface area contributed by atoms with E-state index in [2.05, 4.69) is 15.3 Å². The third-order valence-electron chi connectivity index (χ3n) is 3.58. The van der Waals surface area contributed by atoms with Crippen molar-refractivity contribution in [3.63, 3.8) is 0 Å². The predicted octanol–water partition coefficient (Wildman–Crippen LogP) is 3.56. The molecule has 25 heavy (non-hydrogen) atoms. The minimum atomic E-state index is -0.408. The Morgan fingerprint density at radius 1 is 1.08 bits per heavy atom. The zero-order chi connectivity index (χ0) is 17.6. The number of aromatic nitrogens is 2. The van der Waals surface area contributed by atoms with Crippen molar-refractivity contribution in [1.29, 1.82) is 0 Å². The van der Waals surface area contributed by atoms with E-state index in [9.17, 15) is 9.59 Å².